The highest BCUT2D eigenvalue weighted by atomic mass is 35.5. The number of halogens is 1. The maximum Gasteiger partial charge on any atom is 0.413 e. The Hall–Kier alpha value is -1.75. The van der Waals surface area contributed by atoms with Crippen LogP contribution in [0.3, 0.4) is 0 Å². The monoisotopic (exact) mass is 612 g/mol. The number of ether oxygens (including phenoxy) is 2. The van der Waals surface area contributed by atoms with E-state index in [2.05, 4.69) is 25.2 Å². The van der Waals surface area contributed by atoms with E-state index in [-0.39, 0.29) is 34.3 Å². The number of hydrogen-bond donors (Lipinski definition) is 6. The topological polar surface area (TPSA) is 239 Å². The molecule has 0 aliphatic carbocycles. The molecule has 4 aliphatic rings. The standard InChI is InChI=1S/C19H27ClN6O11P2/c20-18-22-15(23-19(29)37-10-5-25-3-1-9(10)2-4-25)12-16(24-18)26(7-21-12)17-14(28)13(27)11(36-17)6-35-39(33,34)8-38(30,31)32/h7,9-11,13-14,17,27-28H,1-6,8H2,(H,33,34)(H2,30,31,32)(H,22,23,24,29)/t10?,11-,13?,14+,17-/m1/s1. The van der Waals surface area contributed by atoms with Gasteiger partial charge in [0.25, 0.3) is 0 Å². The van der Waals surface area contributed by atoms with Gasteiger partial charge in [-0.2, -0.15) is 9.97 Å². The maximum atomic E-state index is 12.7. The van der Waals surface area contributed by atoms with Crippen molar-refractivity contribution in [2.24, 2.45) is 5.92 Å². The number of carbonyl (C=O) groups is 1. The Morgan fingerprint density at radius 3 is 2.54 bits per heavy atom. The van der Waals surface area contributed by atoms with Crippen LogP contribution in [0.5, 0.6) is 0 Å². The number of nitrogens with one attached hydrogen (secondary N) is 1. The van der Waals surface area contributed by atoms with Crippen molar-refractivity contribution >= 4 is 49.9 Å². The van der Waals surface area contributed by atoms with Crippen LogP contribution in [0, 0.1) is 5.92 Å². The summed E-state index contributed by atoms with van der Waals surface area (Å²) < 4.78 is 40.1. The van der Waals surface area contributed by atoms with Crippen LogP contribution in [0.1, 0.15) is 19.1 Å². The summed E-state index contributed by atoms with van der Waals surface area (Å²) in [5, 5.41) is 23.3. The van der Waals surface area contributed by atoms with E-state index < -0.39 is 58.3 Å². The fourth-order valence-corrected chi connectivity index (χ4v) is 7.77. The van der Waals surface area contributed by atoms with Crippen LogP contribution >= 0.6 is 26.8 Å². The van der Waals surface area contributed by atoms with Gasteiger partial charge in [-0.1, -0.05) is 0 Å². The van der Waals surface area contributed by atoms with Gasteiger partial charge < -0.3 is 38.9 Å². The second-order valence-electron chi connectivity index (χ2n) is 9.66. The van der Waals surface area contributed by atoms with Crippen LogP contribution in [0.4, 0.5) is 10.6 Å². The second kappa shape index (κ2) is 10.9. The number of aliphatic hydroxyl groups is 2. The number of anilines is 1. The zero-order valence-corrected chi connectivity index (χ0v) is 22.7. The zero-order chi connectivity index (χ0) is 28.1. The summed E-state index contributed by atoms with van der Waals surface area (Å²) in [7, 11) is -9.58. The average Bonchev–Trinajstić information content (AvgIpc) is 3.38. The van der Waals surface area contributed by atoms with Gasteiger partial charge in [0.1, 0.15) is 24.4 Å². The van der Waals surface area contributed by atoms with Crippen molar-refractivity contribution in [2.75, 3.05) is 37.5 Å². The van der Waals surface area contributed by atoms with E-state index in [9.17, 15) is 29.0 Å². The number of rotatable bonds is 8. The Labute approximate surface area is 225 Å². The molecule has 20 heteroatoms. The van der Waals surface area contributed by atoms with Crippen molar-refractivity contribution in [1.29, 1.82) is 0 Å². The molecule has 0 aromatic carbocycles. The smallest absolute Gasteiger partial charge is 0.413 e. The minimum absolute atomic E-state index is 0.0280. The Balaban J connectivity index is 1.29. The number of fused-ring (bicyclic) bond motifs is 4. The molecule has 6 heterocycles. The molecule has 2 bridgehead atoms. The number of piperidine rings is 3. The van der Waals surface area contributed by atoms with Crippen LogP contribution in [0.15, 0.2) is 6.33 Å². The average molecular weight is 613 g/mol. The molecule has 6 N–H and O–H groups in total. The van der Waals surface area contributed by atoms with Gasteiger partial charge in [0.2, 0.25) is 5.28 Å². The van der Waals surface area contributed by atoms with Crippen LogP contribution in [-0.4, -0.2) is 112 Å². The summed E-state index contributed by atoms with van der Waals surface area (Å²) in [4.78, 5) is 54.7. The molecule has 39 heavy (non-hydrogen) atoms. The zero-order valence-electron chi connectivity index (χ0n) is 20.2. The molecule has 0 spiro atoms. The van der Waals surface area contributed by atoms with Gasteiger partial charge >= 0.3 is 21.3 Å². The van der Waals surface area contributed by atoms with E-state index in [1.807, 2.05) is 0 Å². The summed E-state index contributed by atoms with van der Waals surface area (Å²) in [5.41, 5.74) is 0.108. The Morgan fingerprint density at radius 1 is 1.18 bits per heavy atom. The van der Waals surface area contributed by atoms with E-state index in [0.29, 0.717) is 6.54 Å². The maximum absolute atomic E-state index is 12.7. The lowest BCUT2D eigenvalue weighted by Gasteiger charge is -2.43. The number of aromatic nitrogens is 4. The molecule has 17 nitrogen and oxygen atoms in total. The number of amides is 1. The van der Waals surface area contributed by atoms with Gasteiger partial charge in [-0.25, -0.2) is 9.78 Å². The first-order valence-electron chi connectivity index (χ1n) is 11.9. The highest BCUT2D eigenvalue weighted by Crippen LogP contribution is 2.55. The Morgan fingerprint density at radius 2 is 1.90 bits per heavy atom. The Bertz CT molecular complexity index is 1330. The van der Waals surface area contributed by atoms with E-state index in [1.165, 1.54) is 10.9 Å². The van der Waals surface area contributed by atoms with Gasteiger partial charge in [-0.05, 0) is 43.5 Å². The van der Waals surface area contributed by atoms with Crippen molar-refractivity contribution in [3.8, 4) is 0 Å². The molecule has 2 aromatic rings. The lowest BCUT2D eigenvalue weighted by Crippen LogP contribution is -2.52. The first-order valence-corrected chi connectivity index (χ1v) is 15.9. The van der Waals surface area contributed by atoms with Gasteiger partial charge in [0.05, 0.1) is 12.9 Å². The lowest BCUT2D eigenvalue weighted by atomic mass is 9.86. The first-order chi connectivity index (χ1) is 18.3. The number of aliphatic hydroxyl groups excluding tert-OH is 2. The van der Waals surface area contributed by atoms with Crippen LogP contribution < -0.4 is 5.32 Å². The number of carbonyl (C=O) groups excluding carboxylic acids is 1. The lowest BCUT2D eigenvalue weighted by molar-refractivity contribution is -0.0483. The molecule has 4 saturated heterocycles. The SMILES string of the molecule is O=C(Nc1nc(Cl)nc2c1ncn2[C@@H]1O[C@H](COP(=O)(O)CP(=O)(O)O)C(O)[C@@H]1O)OC1CN2CCC1CC2. The fourth-order valence-electron chi connectivity index (χ4n) is 5.03. The minimum Gasteiger partial charge on any atom is -0.444 e. The van der Waals surface area contributed by atoms with Crippen LogP contribution in [0.25, 0.3) is 11.2 Å². The summed E-state index contributed by atoms with van der Waals surface area (Å²) in [6.45, 7) is 1.86. The molecule has 1 amide bonds. The van der Waals surface area contributed by atoms with Crippen molar-refractivity contribution in [3.63, 3.8) is 0 Å². The molecular formula is C19H27ClN6O11P2. The van der Waals surface area contributed by atoms with Crippen molar-refractivity contribution in [1.82, 2.24) is 24.4 Å². The second-order valence-corrected chi connectivity index (χ2v) is 14.0. The van der Waals surface area contributed by atoms with Gasteiger partial charge in [-0.3, -0.25) is 23.9 Å². The van der Waals surface area contributed by atoms with Crippen molar-refractivity contribution in [2.45, 2.75) is 43.5 Å². The summed E-state index contributed by atoms with van der Waals surface area (Å²) in [5.74, 6) is -1.19. The summed E-state index contributed by atoms with van der Waals surface area (Å²) in [6, 6.07) is 0. The summed E-state index contributed by atoms with van der Waals surface area (Å²) >= 11 is 6.08. The largest absolute Gasteiger partial charge is 0.444 e. The van der Waals surface area contributed by atoms with Gasteiger partial charge in [0, 0.05) is 6.54 Å². The molecule has 216 valence electrons. The third-order valence-corrected chi connectivity index (χ3v) is 10.5. The number of hydrogen-bond acceptors (Lipinski definition) is 12. The van der Waals surface area contributed by atoms with E-state index in [0.717, 1.165) is 25.9 Å². The molecule has 4 fully saturated rings. The Kier molecular flexibility index (Phi) is 8.05. The van der Waals surface area contributed by atoms with Gasteiger partial charge in [-0.15, -0.1) is 0 Å². The molecule has 0 saturated carbocycles. The minimum atomic E-state index is -4.86. The third kappa shape index (κ3) is 6.44. The molecular weight excluding hydrogens is 586 g/mol. The van der Waals surface area contributed by atoms with Gasteiger partial charge in [0.15, 0.2) is 29.1 Å². The molecule has 6 atom stereocenters. The number of imidazole rings is 1. The van der Waals surface area contributed by atoms with Crippen LogP contribution in [-0.2, 0) is 23.1 Å². The van der Waals surface area contributed by atoms with Crippen molar-refractivity contribution in [3.05, 3.63) is 11.6 Å². The first kappa shape index (κ1) is 28.8. The van der Waals surface area contributed by atoms with E-state index in [1.54, 1.807) is 0 Å². The molecule has 4 aliphatic heterocycles. The van der Waals surface area contributed by atoms with Crippen LogP contribution in [0.2, 0.25) is 5.28 Å². The summed E-state index contributed by atoms with van der Waals surface area (Å²) in [6.07, 6.45) is -3.78. The normalized spacial score (nSPS) is 32.3. The van der Waals surface area contributed by atoms with Crippen molar-refractivity contribution < 1.29 is 52.8 Å². The molecule has 2 aromatic heterocycles. The fraction of sp³-hybridized carbons (Fsp3) is 0.684. The molecule has 0 radical (unpaired) electrons. The molecule has 6 rings (SSSR count). The van der Waals surface area contributed by atoms with E-state index in [4.69, 9.17) is 35.4 Å². The highest BCUT2D eigenvalue weighted by molar-refractivity contribution is 7.70. The predicted octanol–water partition coefficient (Wildman–Crippen LogP) is 0.0788. The quantitative estimate of drug-likeness (QED) is 0.171. The predicted molar refractivity (Wildman–Crippen MR) is 132 cm³/mol. The molecule has 3 unspecified atom stereocenters. The third-order valence-electron chi connectivity index (χ3n) is 6.88. The van der Waals surface area contributed by atoms with E-state index >= 15 is 0 Å². The highest BCUT2D eigenvalue weighted by Gasteiger charge is 2.46. The number of nitrogens with zero attached hydrogens (tertiary/aromatic N) is 5.